The molecule has 0 fully saturated rings. The third-order valence-corrected chi connectivity index (χ3v) is 4.17. The summed E-state index contributed by atoms with van der Waals surface area (Å²) in [4.78, 5) is 13.7. The molecule has 0 aliphatic rings. The fourth-order valence-corrected chi connectivity index (χ4v) is 2.71. The summed E-state index contributed by atoms with van der Waals surface area (Å²) in [6.07, 6.45) is 0. The van der Waals surface area contributed by atoms with E-state index in [1.165, 1.54) is 0 Å². The second-order valence-corrected chi connectivity index (χ2v) is 7.37. The number of carbonyl (C=O) groups excluding carboxylic acids is 1. The van der Waals surface area contributed by atoms with Gasteiger partial charge in [-0.15, -0.1) is 15.3 Å². The van der Waals surface area contributed by atoms with E-state index in [1.807, 2.05) is 43.4 Å². The summed E-state index contributed by atoms with van der Waals surface area (Å²) in [5.41, 5.74) is 2.35. The molecule has 7 nitrogen and oxygen atoms in total. The Labute approximate surface area is 153 Å². The molecular formula is C19H24N6O. The van der Waals surface area contributed by atoms with Crippen molar-refractivity contribution in [2.75, 3.05) is 19.0 Å². The third kappa shape index (κ3) is 3.51. The molecular weight excluding hydrogens is 328 g/mol. The van der Waals surface area contributed by atoms with E-state index in [0.29, 0.717) is 12.1 Å². The molecule has 3 aromatic rings. The highest BCUT2D eigenvalue weighted by Gasteiger charge is 2.22. The Bertz CT molecular complexity index is 923. The maximum Gasteiger partial charge on any atom is 0.251 e. The van der Waals surface area contributed by atoms with Crippen LogP contribution in [0.25, 0.3) is 5.65 Å². The molecule has 7 heteroatoms. The molecule has 0 saturated carbocycles. The molecule has 0 unspecified atom stereocenters. The molecule has 0 spiro atoms. The predicted octanol–water partition coefficient (Wildman–Crippen LogP) is 2.42. The fraction of sp³-hybridized carbons (Fsp3) is 0.368. The monoisotopic (exact) mass is 352 g/mol. The second kappa shape index (κ2) is 6.74. The van der Waals surface area contributed by atoms with Crippen LogP contribution in [0.5, 0.6) is 0 Å². The van der Waals surface area contributed by atoms with Crippen LogP contribution >= 0.6 is 0 Å². The Balaban J connectivity index is 1.83. The summed E-state index contributed by atoms with van der Waals surface area (Å²) in [7, 11) is 3.62. The van der Waals surface area contributed by atoms with Crippen LogP contribution in [0.4, 0.5) is 5.82 Å². The maximum absolute atomic E-state index is 11.6. The van der Waals surface area contributed by atoms with Gasteiger partial charge in [-0.05, 0) is 29.8 Å². The lowest BCUT2D eigenvalue weighted by molar-refractivity contribution is 0.0963. The van der Waals surface area contributed by atoms with E-state index in [0.717, 1.165) is 22.9 Å². The highest BCUT2D eigenvalue weighted by molar-refractivity contribution is 5.93. The van der Waals surface area contributed by atoms with Crippen molar-refractivity contribution in [3.8, 4) is 0 Å². The molecule has 1 aromatic carbocycles. The Hall–Kier alpha value is -2.96. The molecule has 1 N–H and O–H groups in total. The minimum atomic E-state index is -0.140. The molecule has 0 saturated heterocycles. The lowest BCUT2D eigenvalue weighted by atomic mass is 9.96. The van der Waals surface area contributed by atoms with Crippen LogP contribution in [-0.4, -0.2) is 39.8 Å². The summed E-state index contributed by atoms with van der Waals surface area (Å²) >= 11 is 0. The van der Waals surface area contributed by atoms with Crippen LogP contribution in [0.1, 0.15) is 42.5 Å². The number of anilines is 1. The Morgan fingerprint density at radius 1 is 1.12 bits per heavy atom. The highest BCUT2D eigenvalue weighted by atomic mass is 16.1. The Morgan fingerprint density at radius 2 is 1.81 bits per heavy atom. The van der Waals surface area contributed by atoms with Gasteiger partial charge in [-0.3, -0.25) is 4.79 Å². The smallest absolute Gasteiger partial charge is 0.251 e. The number of hydrogen-bond acceptors (Lipinski definition) is 5. The number of fused-ring (bicyclic) bond motifs is 1. The first kappa shape index (κ1) is 17.8. The third-order valence-electron chi connectivity index (χ3n) is 4.17. The van der Waals surface area contributed by atoms with E-state index >= 15 is 0 Å². The van der Waals surface area contributed by atoms with Gasteiger partial charge in [-0.1, -0.05) is 32.9 Å². The van der Waals surface area contributed by atoms with Gasteiger partial charge in [0.05, 0.1) is 0 Å². The van der Waals surface area contributed by atoms with Crippen molar-refractivity contribution in [1.29, 1.82) is 0 Å². The van der Waals surface area contributed by atoms with E-state index in [2.05, 4.69) is 41.2 Å². The molecule has 0 bridgehead atoms. The molecule has 136 valence electrons. The second-order valence-electron chi connectivity index (χ2n) is 7.37. The van der Waals surface area contributed by atoms with Crippen molar-refractivity contribution in [2.24, 2.45) is 0 Å². The van der Waals surface area contributed by atoms with Crippen molar-refractivity contribution in [3.63, 3.8) is 0 Å². The van der Waals surface area contributed by atoms with Crippen LogP contribution in [0.2, 0.25) is 0 Å². The molecule has 1 amide bonds. The number of aromatic nitrogens is 4. The SMILES string of the molecule is CNC(=O)c1ccc(CN(C)c2ccc3nnc(C(C)(C)C)n3n2)cc1. The normalized spacial score (nSPS) is 11.6. The minimum absolute atomic E-state index is 0.0839. The van der Waals surface area contributed by atoms with Crippen molar-refractivity contribution in [1.82, 2.24) is 25.1 Å². The van der Waals surface area contributed by atoms with Gasteiger partial charge in [0.2, 0.25) is 0 Å². The van der Waals surface area contributed by atoms with Crippen LogP contribution in [0, 0.1) is 0 Å². The largest absolute Gasteiger partial charge is 0.355 e. The van der Waals surface area contributed by atoms with Crippen molar-refractivity contribution < 1.29 is 4.79 Å². The number of carbonyl (C=O) groups is 1. The molecule has 26 heavy (non-hydrogen) atoms. The highest BCUT2D eigenvalue weighted by Crippen LogP contribution is 2.21. The average molecular weight is 352 g/mol. The molecule has 2 heterocycles. The molecule has 2 aromatic heterocycles. The first-order chi connectivity index (χ1) is 12.3. The quantitative estimate of drug-likeness (QED) is 0.780. The van der Waals surface area contributed by atoms with Crippen LogP contribution < -0.4 is 10.2 Å². The van der Waals surface area contributed by atoms with Gasteiger partial charge in [0.15, 0.2) is 11.5 Å². The topological polar surface area (TPSA) is 75.4 Å². The van der Waals surface area contributed by atoms with Crippen LogP contribution in [-0.2, 0) is 12.0 Å². The summed E-state index contributed by atoms with van der Waals surface area (Å²) in [5, 5.41) is 15.8. The Kier molecular flexibility index (Phi) is 4.63. The van der Waals surface area contributed by atoms with E-state index in [1.54, 1.807) is 11.6 Å². The number of hydrogen-bond donors (Lipinski definition) is 1. The minimum Gasteiger partial charge on any atom is -0.355 e. The van der Waals surface area contributed by atoms with Gasteiger partial charge in [0, 0.05) is 31.6 Å². The fourth-order valence-electron chi connectivity index (χ4n) is 2.71. The molecule has 0 atom stereocenters. The number of nitrogens with one attached hydrogen (secondary N) is 1. The van der Waals surface area contributed by atoms with E-state index in [-0.39, 0.29) is 11.3 Å². The number of amides is 1. The van der Waals surface area contributed by atoms with Gasteiger partial charge < -0.3 is 10.2 Å². The van der Waals surface area contributed by atoms with Crippen molar-refractivity contribution in [2.45, 2.75) is 32.7 Å². The number of rotatable bonds is 4. The summed E-state index contributed by atoms with van der Waals surface area (Å²) in [6, 6.07) is 11.4. The first-order valence-corrected chi connectivity index (χ1v) is 8.54. The molecule has 0 aliphatic carbocycles. The summed E-state index contributed by atoms with van der Waals surface area (Å²) in [5.74, 6) is 1.58. The summed E-state index contributed by atoms with van der Waals surface area (Å²) in [6.45, 7) is 6.96. The first-order valence-electron chi connectivity index (χ1n) is 8.54. The zero-order valence-corrected chi connectivity index (χ0v) is 15.8. The van der Waals surface area contributed by atoms with Crippen LogP contribution in [0.15, 0.2) is 36.4 Å². The van der Waals surface area contributed by atoms with Crippen LogP contribution in [0.3, 0.4) is 0 Å². The van der Waals surface area contributed by atoms with Gasteiger partial charge in [0.25, 0.3) is 5.91 Å². The van der Waals surface area contributed by atoms with Gasteiger partial charge >= 0.3 is 0 Å². The number of nitrogens with zero attached hydrogens (tertiary/aromatic N) is 5. The van der Waals surface area contributed by atoms with Crippen molar-refractivity contribution >= 4 is 17.4 Å². The van der Waals surface area contributed by atoms with E-state index in [9.17, 15) is 4.79 Å². The van der Waals surface area contributed by atoms with Gasteiger partial charge in [-0.25, -0.2) is 0 Å². The van der Waals surface area contributed by atoms with Crippen molar-refractivity contribution in [3.05, 3.63) is 53.3 Å². The van der Waals surface area contributed by atoms with E-state index in [4.69, 9.17) is 5.10 Å². The van der Waals surface area contributed by atoms with E-state index < -0.39 is 0 Å². The maximum atomic E-state index is 11.6. The zero-order chi connectivity index (χ0) is 18.9. The number of benzene rings is 1. The average Bonchev–Trinajstić information content (AvgIpc) is 3.05. The predicted molar refractivity (Wildman–Crippen MR) is 101 cm³/mol. The summed E-state index contributed by atoms with van der Waals surface area (Å²) < 4.78 is 1.81. The molecule has 0 radical (unpaired) electrons. The standard InChI is InChI=1S/C19H24N6O/c1-19(2,3)18-22-21-15-10-11-16(23-25(15)18)24(5)12-13-6-8-14(9-7-13)17(26)20-4/h6-11H,12H2,1-5H3,(H,20,26). The zero-order valence-electron chi connectivity index (χ0n) is 15.8. The molecule has 0 aliphatic heterocycles. The lowest BCUT2D eigenvalue weighted by Crippen LogP contribution is -2.21. The lowest BCUT2D eigenvalue weighted by Gasteiger charge is -2.20. The van der Waals surface area contributed by atoms with Gasteiger partial charge in [0.1, 0.15) is 5.82 Å². The van der Waals surface area contributed by atoms with Gasteiger partial charge in [-0.2, -0.15) is 4.52 Å². The molecule has 3 rings (SSSR count). The Morgan fingerprint density at radius 3 is 2.42 bits per heavy atom.